The van der Waals surface area contributed by atoms with Crippen LogP contribution in [0, 0.1) is 17.8 Å². The Morgan fingerprint density at radius 2 is 2.00 bits per heavy atom. The zero-order valence-electron chi connectivity index (χ0n) is 10.4. The van der Waals surface area contributed by atoms with Crippen molar-refractivity contribution in [3.8, 4) is 0 Å². The molecule has 3 rings (SSSR count). The second-order valence-electron chi connectivity index (χ2n) is 5.87. The van der Waals surface area contributed by atoms with Crippen LogP contribution in [-0.2, 0) is 4.79 Å². The highest BCUT2D eigenvalue weighted by molar-refractivity contribution is 5.80. The summed E-state index contributed by atoms with van der Waals surface area (Å²) in [5.74, 6) is 1.68. The second-order valence-corrected chi connectivity index (χ2v) is 5.87. The summed E-state index contributed by atoms with van der Waals surface area (Å²) in [4.78, 5) is 14.6. The molecule has 1 heterocycles. The number of amides is 1. The van der Waals surface area contributed by atoms with E-state index in [0.29, 0.717) is 17.7 Å². The van der Waals surface area contributed by atoms with Crippen molar-refractivity contribution in [2.75, 3.05) is 26.2 Å². The van der Waals surface area contributed by atoms with Gasteiger partial charge < -0.3 is 16.0 Å². The van der Waals surface area contributed by atoms with Crippen LogP contribution in [0.1, 0.15) is 25.7 Å². The van der Waals surface area contributed by atoms with Crippen molar-refractivity contribution in [2.45, 2.75) is 31.7 Å². The Labute approximate surface area is 103 Å². The number of hydrogen-bond acceptors (Lipinski definition) is 3. The Bertz CT molecular complexity index is 297. The van der Waals surface area contributed by atoms with E-state index in [-0.39, 0.29) is 12.0 Å². The fourth-order valence-corrected chi connectivity index (χ4v) is 3.98. The molecule has 1 saturated heterocycles. The van der Waals surface area contributed by atoms with Gasteiger partial charge in [-0.15, -0.1) is 0 Å². The lowest BCUT2D eigenvalue weighted by atomic mass is 9.84. The lowest BCUT2D eigenvalue weighted by Gasteiger charge is -2.32. The second kappa shape index (κ2) is 4.58. The number of nitrogens with one attached hydrogen (secondary N) is 1. The van der Waals surface area contributed by atoms with Gasteiger partial charge in [0.25, 0.3) is 0 Å². The van der Waals surface area contributed by atoms with Gasteiger partial charge in [-0.05, 0) is 44.1 Å². The van der Waals surface area contributed by atoms with Crippen LogP contribution in [0.5, 0.6) is 0 Å². The first-order valence-electron chi connectivity index (χ1n) is 7.02. The molecule has 0 aromatic rings. The van der Waals surface area contributed by atoms with Gasteiger partial charge in [0.15, 0.2) is 0 Å². The van der Waals surface area contributed by atoms with Gasteiger partial charge in [0, 0.05) is 25.7 Å². The molecule has 4 unspecified atom stereocenters. The van der Waals surface area contributed by atoms with Crippen molar-refractivity contribution in [3.05, 3.63) is 0 Å². The van der Waals surface area contributed by atoms with Crippen LogP contribution >= 0.6 is 0 Å². The molecule has 1 amide bonds. The molecule has 0 aromatic heterocycles. The maximum atomic E-state index is 12.6. The molecule has 3 fully saturated rings. The maximum Gasteiger partial charge on any atom is 0.227 e. The van der Waals surface area contributed by atoms with E-state index in [2.05, 4.69) is 5.32 Å². The third-order valence-electron chi connectivity index (χ3n) is 4.92. The number of carbonyl (C=O) groups excluding carboxylic acids is 1. The summed E-state index contributed by atoms with van der Waals surface area (Å²) in [6.07, 6.45) is 4.74. The first-order valence-corrected chi connectivity index (χ1v) is 7.02. The molecule has 2 aliphatic carbocycles. The van der Waals surface area contributed by atoms with Crippen molar-refractivity contribution < 1.29 is 4.79 Å². The molecule has 0 radical (unpaired) electrons. The van der Waals surface area contributed by atoms with Crippen LogP contribution in [0.4, 0.5) is 0 Å². The number of rotatable bonds is 1. The minimum absolute atomic E-state index is 0.131. The molecule has 4 nitrogen and oxygen atoms in total. The normalized spacial score (nSPS) is 41.6. The molecule has 4 atom stereocenters. The molecule has 96 valence electrons. The Kier molecular flexibility index (Phi) is 3.09. The van der Waals surface area contributed by atoms with E-state index in [0.717, 1.165) is 32.6 Å². The molecule has 1 aliphatic heterocycles. The third-order valence-corrected chi connectivity index (χ3v) is 4.92. The van der Waals surface area contributed by atoms with Crippen molar-refractivity contribution in [1.29, 1.82) is 0 Å². The van der Waals surface area contributed by atoms with E-state index >= 15 is 0 Å². The Hall–Kier alpha value is -0.610. The van der Waals surface area contributed by atoms with Crippen LogP contribution in [0.25, 0.3) is 0 Å². The van der Waals surface area contributed by atoms with Gasteiger partial charge in [-0.3, -0.25) is 4.79 Å². The smallest absolute Gasteiger partial charge is 0.227 e. The lowest BCUT2D eigenvalue weighted by Crippen LogP contribution is -2.47. The van der Waals surface area contributed by atoms with Crippen molar-refractivity contribution in [2.24, 2.45) is 23.5 Å². The third kappa shape index (κ3) is 1.97. The van der Waals surface area contributed by atoms with Gasteiger partial charge in [-0.25, -0.2) is 0 Å². The zero-order chi connectivity index (χ0) is 11.8. The quantitative estimate of drug-likeness (QED) is 0.684. The Morgan fingerprint density at radius 3 is 2.76 bits per heavy atom. The summed E-state index contributed by atoms with van der Waals surface area (Å²) < 4.78 is 0. The standard InChI is InChI=1S/C13H23N3O/c14-12-10-3-2-9(8-10)11(12)13(17)16-6-1-4-15-5-7-16/h9-12,15H,1-8,14H2. The maximum absolute atomic E-state index is 12.6. The molecule has 0 spiro atoms. The highest BCUT2D eigenvalue weighted by Gasteiger charge is 2.50. The van der Waals surface area contributed by atoms with Crippen molar-refractivity contribution in [3.63, 3.8) is 0 Å². The number of hydrogen-bond donors (Lipinski definition) is 2. The summed E-state index contributed by atoms with van der Waals surface area (Å²) >= 11 is 0. The topological polar surface area (TPSA) is 58.4 Å². The van der Waals surface area contributed by atoms with Gasteiger partial charge in [-0.2, -0.15) is 0 Å². The van der Waals surface area contributed by atoms with E-state index in [4.69, 9.17) is 5.73 Å². The predicted molar refractivity (Wildman–Crippen MR) is 66.4 cm³/mol. The van der Waals surface area contributed by atoms with E-state index in [1.165, 1.54) is 19.3 Å². The molecule has 2 saturated carbocycles. The van der Waals surface area contributed by atoms with Crippen LogP contribution in [0.15, 0.2) is 0 Å². The van der Waals surface area contributed by atoms with E-state index in [1.54, 1.807) is 0 Å². The Balaban J connectivity index is 1.69. The molecular weight excluding hydrogens is 214 g/mol. The minimum atomic E-state index is 0.131. The monoisotopic (exact) mass is 237 g/mol. The molecule has 3 aliphatic rings. The summed E-state index contributed by atoms with van der Waals surface area (Å²) in [5.41, 5.74) is 6.25. The number of nitrogens with zero attached hydrogens (tertiary/aromatic N) is 1. The van der Waals surface area contributed by atoms with Gasteiger partial charge in [-0.1, -0.05) is 0 Å². The van der Waals surface area contributed by atoms with Crippen LogP contribution in [-0.4, -0.2) is 43.0 Å². The average Bonchev–Trinajstić information content (AvgIpc) is 2.79. The minimum Gasteiger partial charge on any atom is -0.341 e. The van der Waals surface area contributed by atoms with Gasteiger partial charge >= 0.3 is 0 Å². The number of nitrogens with two attached hydrogens (primary N) is 1. The molecule has 3 N–H and O–H groups in total. The fourth-order valence-electron chi connectivity index (χ4n) is 3.98. The van der Waals surface area contributed by atoms with Crippen molar-refractivity contribution in [1.82, 2.24) is 10.2 Å². The predicted octanol–water partition coefficient (Wildman–Crippen LogP) is 0.182. The summed E-state index contributed by atoms with van der Waals surface area (Å²) in [6.45, 7) is 3.74. The first-order chi connectivity index (χ1) is 8.27. The summed E-state index contributed by atoms with van der Waals surface area (Å²) in [6, 6.07) is 0.137. The SMILES string of the molecule is NC1C2CCC(C2)C1C(=O)N1CCCNCC1. The first kappa shape index (κ1) is 11.5. The van der Waals surface area contributed by atoms with E-state index in [1.807, 2.05) is 4.90 Å². The highest BCUT2D eigenvalue weighted by atomic mass is 16.2. The number of carbonyl (C=O) groups is 1. The highest BCUT2D eigenvalue weighted by Crippen LogP contribution is 2.48. The summed E-state index contributed by atoms with van der Waals surface area (Å²) in [5, 5.41) is 3.34. The van der Waals surface area contributed by atoms with Crippen LogP contribution in [0.2, 0.25) is 0 Å². The van der Waals surface area contributed by atoms with Gasteiger partial charge in [0.1, 0.15) is 0 Å². The average molecular weight is 237 g/mol. The summed E-state index contributed by atoms with van der Waals surface area (Å²) in [7, 11) is 0. The Morgan fingerprint density at radius 1 is 1.18 bits per heavy atom. The molecule has 0 aromatic carbocycles. The van der Waals surface area contributed by atoms with Crippen molar-refractivity contribution >= 4 is 5.91 Å². The molecular formula is C13H23N3O. The van der Waals surface area contributed by atoms with Crippen LogP contribution in [0.3, 0.4) is 0 Å². The fraction of sp³-hybridized carbons (Fsp3) is 0.923. The van der Waals surface area contributed by atoms with Gasteiger partial charge in [0.05, 0.1) is 5.92 Å². The molecule has 2 bridgehead atoms. The van der Waals surface area contributed by atoms with Crippen LogP contribution < -0.4 is 11.1 Å². The number of fused-ring (bicyclic) bond motifs is 2. The zero-order valence-corrected chi connectivity index (χ0v) is 10.4. The molecule has 4 heteroatoms. The molecule has 17 heavy (non-hydrogen) atoms. The van der Waals surface area contributed by atoms with E-state index in [9.17, 15) is 4.79 Å². The van der Waals surface area contributed by atoms with E-state index < -0.39 is 0 Å². The van der Waals surface area contributed by atoms with Gasteiger partial charge in [0.2, 0.25) is 5.91 Å². The largest absolute Gasteiger partial charge is 0.341 e. The lowest BCUT2D eigenvalue weighted by molar-refractivity contribution is -0.137.